The van der Waals surface area contributed by atoms with E-state index in [-0.39, 0.29) is 6.03 Å². The van der Waals surface area contributed by atoms with Gasteiger partial charge in [-0.05, 0) is 44.2 Å². The smallest absolute Gasteiger partial charge is 0.319 e. The Bertz CT molecular complexity index is 631. The molecule has 0 aromatic heterocycles. The van der Waals surface area contributed by atoms with Crippen LogP contribution in [0.4, 0.5) is 10.5 Å². The molecule has 0 bridgehead atoms. The van der Waals surface area contributed by atoms with Crippen molar-refractivity contribution in [3.05, 3.63) is 30.4 Å². The number of methoxy groups -OCH3 is 2. The van der Waals surface area contributed by atoms with Gasteiger partial charge in [-0.15, -0.1) is 0 Å². The second-order valence-electron chi connectivity index (χ2n) is 8.38. The average molecular weight is 447 g/mol. The van der Waals surface area contributed by atoms with Crippen molar-refractivity contribution in [2.45, 2.75) is 96.8 Å². The maximum absolute atomic E-state index is 12.1. The summed E-state index contributed by atoms with van der Waals surface area (Å²) in [6, 6.07) is 5.12. The standard InChI is InChI=1S/C27H46N2O3/c1-4-5-6-7-8-9-10-11-12-13-14-15-16-17-18-19-22-28-27(30)29-25-21-20-24(31-2)23-26(25)32-3/h11-12,20-21,23H,4-10,13-19,22H2,1-3H3,(H2,28,29,30)/b12-11-. The van der Waals surface area contributed by atoms with Crippen LogP contribution in [0.25, 0.3) is 0 Å². The molecule has 5 nitrogen and oxygen atoms in total. The van der Waals surface area contributed by atoms with Crippen LogP contribution in [-0.4, -0.2) is 26.8 Å². The summed E-state index contributed by atoms with van der Waals surface area (Å²) in [5, 5.41) is 5.74. The highest BCUT2D eigenvalue weighted by atomic mass is 16.5. The number of carbonyl (C=O) groups is 1. The Morgan fingerprint density at radius 3 is 2.00 bits per heavy atom. The molecule has 182 valence electrons. The van der Waals surface area contributed by atoms with Gasteiger partial charge in [0.2, 0.25) is 0 Å². The van der Waals surface area contributed by atoms with Crippen molar-refractivity contribution in [3.63, 3.8) is 0 Å². The fourth-order valence-corrected chi connectivity index (χ4v) is 3.64. The fourth-order valence-electron chi connectivity index (χ4n) is 3.64. The minimum absolute atomic E-state index is 0.207. The van der Waals surface area contributed by atoms with Crippen LogP contribution in [0.3, 0.4) is 0 Å². The molecule has 2 N–H and O–H groups in total. The van der Waals surface area contributed by atoms with Crippen molar-refractivity contribution in [2.24, 2.45) is 0 Å². The molecule has 0 unspecified atom stereocenters. The molecule has 5 heteroatoms. The summed E-state index contributed by atoms with van der Waals surface area (Å²) in [6.45, 7) is 2.95. The van der Waals surface area contributed by atoms with E-state index in [0.717, 1.165) is 12.8 Å². The van der Waals surface area contributed by atoms with Crippen LogP contribution in [-0.2, 0) is 0 Å². The molecule has 0 saturated carbocycles. The first-order valence-corrected chi connectivity index (χ1v) is 12.6. The summed E-state index contributed by atoms with van der Waals surface area (Å²) in [6.07, 6.45) is 22.7. The van der Waals surface area contributed by atoms with Gasteiger partial charge in [-0.1, -0.05) is 76.9 Å². The molecule has 0 heterocycles. The fraction of sp³-hybridized carbons (Fsp3) is 0.667. The van der Waals surface area contributed by atoms with Crippen LogP contribution in [0, 0.1) is 0 Å². The summed E-state index contributed by atoms with van der Waals surface area (Å²) in [4.78, 5) is 12.1. The number of anilines is 1. The molecule has 0 radical (unpaired) electrons. The summed E-state index contributed by atoms with van der Waals surface area (Å²) >= 11 is 0. The molecule has 0 fully saturated rings. The lowest BCUT2D eigenvalue weighted by atomic mass is 10.1. The van der Waals surface area contributed by atoms with Gasteiger partial charge in [0.05, 0.1) is 19.9 Å². The van der Waals surface area contributed by atoms with E-state index in [1.165, 1.54) is 77.0 Å². The van der Waals surface area contributed by atoms with Gasteiger partial charge < -0.3 is 20.1 Å². The van der Waals surface area contributed by atoms with Crippen LogP contribution in [0.5, 0.6) is 11.5 Å². The number of urea groups is 1. The van der Waals surface area contributed by atoms with Crippen LogP contribution >= 0.6 is 0 Å². The quantitative estimate of drug-likeness (QED) is 0.168. The van der Waals surface area contributed by atoms with E-state index in [1.807, 2.05) is 0 Å². The highest BCUT2D eigenvalue weighted by Gasteiger charge is 2.08. The van der Waals surface area contributed by atoms with E-state index in [9.17, 15) is 4.79 Å². The van der Waals surface area contributed by atoms with E-state index in [0.29, 0.717) is 23.7 Å². The molecule has 2 amide bonds. The number of amides is 2. The van der Waals surface area contributed by atoms with E-state index in [4.69, 9.17) is 9.47 Å². The van der Waals surface area contributed by atoms with Gasteiger partial charge in [0, 0.05) is 12.6 Å². The third-order valence-corrected chi connectivity index (χ3v) is 5.63. The monoisotopic (exact) mass is 446 g/mol. The predicted molar refractivity (Wildman–Crippen MR) is 136 cm³/mol. The van der Waals surface area contributed by atoms with Crippen LogP contribution in [0.1, 0.15) is 96.8 Å². The molecule has 0 atom stereocenters. The van der Waals surface area contributed by atoms with Crippen molar-refractivity contribution >= 4 is 11.7 Å². The molecule has 32 heavy (non-hydrogen) atoms. The summed E-state index contributed by atoms with van der Waals surface area (Å²) in [7, 11) is 3.17. The van der Waals surface area contributed by atoms with Crippen LogP contribution < -0.4 is 20.1 Å². The SMILES string of the molecule is CCCCCCCC/C=C\CCCCCCCCNC(=O)Nc1ccc(OC)cc1OC. The van der Waals surface area contributed by atoms with E-state index >= 15 is 0 Å². The van der Waals surface area contributed by atoms with Gasteiger partial charge in [-0.25, -0.2) is 4.79 Å². The maximum Gasteiger partial charge on any atom is 0.319 e. The number of benzene rings is 1. The first kappa shape index (κ1) is 27.9. The van der Waals surface area contributed by atoms with Gasteiger partial charge in [0.1, 0.15) is 11.5 Å². The molecule has 0 aliphatic heterocycles. The molecular formula is C27H46N2O3. The molecule has 0 aliphatic carbocycles. The lowest BCUT2D eigenvalue weighted by molar-refractivity contribution is 0.251. The Labute approximate surface area is 196 Å². The second kappa shape index (κ2) is 19.5. The zero-order valence-corrected chi connectivity index (χ0v) is 20.7. The number of rotatable bonds is 19. The van der Waals surface area contributed by atoms with Crippen LogP contribution in [0.15, 0.2) is 30.4 Å². The van der Waals surface area contributed by atoms with Crippen molar-refractivity contribution in [1.82, 2.24) is 5.32 Å². The molecule has 0 aliphatic rings. The van der Waals surface area contributed by atoms with Crippen molar-refractivity contribution in [3.8, 4) is 11.5 Å². The lowest BCUT2D eigenvalue weighted by Gasteiger charge is -2.12. The first-order valence-electron chi connectivity index (χ1n) is 12.6. The van der Waals surface area contributed by atoms with Crippen molar-refractivity contribution in [1.29, 1.82) is 0 Å². The van der Waals surface area contributed by atoms with E-state index in [2.05, 4.69) is 29.7 Å². The third kappa shape index (κ3) is 14.0. The Hall–Kier alpha value is -2.17. The third-order valence-electron chi connectivity index (χ3n) is 5.63. The molecule has 0 saturated heterocycles. The first-order chi connectivity index (χ1) is 15.7. The van der Waals surface area contributed by atoms with E-state index < -0.39 is 0 Å². The highest BCUT2D eigenvalue weighted by molar-refractivity contribution is 5.91. The number of carbonyl (C=O) groups excluding carboxylic acids is 1. The van der Waals surface area contributed by atoms with Gasteiger partial charge >= 0.3 is 6.03 Å². The number of hydrogen-bond donors (Lipinski definition) is 2. The lowest BCUT2D eigenvalue weighted by Crippen LogP contribution is -2.29. The molecule has 0 spiro atoms. The molecule has 1 aromatic carbocycles. The predicted octanol–water partition coefficient (Wildman–Crippen LogP) is 7.86. The van der Waals surface area contributed by atoms with Crippen molar-refractivity contribution in [2.75, 3.05) is 26.1 Å². The largest absolute Gasteiger partial charge is 0.497 e. The van der Waals surface area contributed by atoms with Gasteiger partial charge in [0.25, 0.3) is 0 Å². The Morgan fingerprint density at radius 2 is 1.41 bits per heavy atom. The second-order valence-corrected chi connectivity index (χ2v) is 8.38. The number of hydrogen-bond acceptors (Lipinski definition) is 3. The Balaban J connectivity index is 1.94. The minimum atomic E-state index is -0.207. The number of ether oxygens (including phenoxy) is 2. The van der Waals surface area contributed by atoms with Gasteiger partial charge in [-0.3, -0.25) is 0 Å². The number of allylic oxidation sites excluding steroid dienone is 2. The molecule has 1 rings (SSSR count). The van der Waals surface area contributed by atoms with Gasteiger partial charge in [-0.2, -0.15) is 0 Å². The summed E-state index contributed by atoms with van der Waals surface area (Å²) in [5.74, 6) is 1.27. The molecule has 1 aromatic rings. The highest BCUT2D eigenvalue weighted by Crippen LogP contribution is 2.28. The van der Waals surface area contributed by atoms with Crippen molar-refractivity contribution < 1.29 is 14.3 Å². The number of unbranched alkanes of at least 4 members (excludes halogenated alkanes) is 12. The van der Waals surface area contributed by atoms with E-state index in [1.54, 1.807) is 32.4 Å². The summed E-state index contributed by atoms with van der Waals surface area (Å²) in [5.41, 5.74) is 0.631. The Kier molecular flexibility index (Phi) is 17.0. The minimum Gasteiger partial charge on any atom is -0.497 e. The zero-order valence-electron chi connectivity index (χ0n) is 20.7. The maximum atomic E-state index is 12.1. The normalized spacial score (nSPS) is 11.0. The zero-order chi connectivity index (χ0) is 23.3. The Morgan fingerprint density at radius 1 is 0.812 bits per heavy atom. The average Bonchev–Trinajstić information content (AvgIpc) is 2.81. The summed E-state index contributed by atoms with van der Waals surface area (Å²) < 4.78 is 10.5. The van der Waals surface area contributed by atoms with Crippen LogP contribution in [0.2, 0.25) is 0 Å². The molecular weight excluding hydrogens is 400 g/mol. The number of nitrogens with one attached hydrogen (secondary N) is 2. The topological polar surface area (TPSA) is 59.6 Å². The van der Waals surface area contributed by atoms with Gasteiger partial charge in [0.15, 0.2) is 0 Å².